The van der Waals surface area contributed by atoms with Crippen molar-refractivity contribution in [3.8, 4) is 0 Å². The van der Waals surface area contributed by atoms with Crippen LogP contribution in [0.15, 0.2) is 4.47 Å². The molecule has 0 saturated heterocycles. The van der Waals surface area contributed by atoms with Crippen LogP contribution in [0.4, 0.5) is 0 Å². The summed E-state index contributed by atoms with van der Waals surface area (Å²) in [5.41, 5.74) is 2.38. The van der Waals surface area contributed by atoms with Gasteiger partial charge in [-0.1, -0.05) is 29.3 Å². The lowest BCUT2D eigenvalue weighted by Gasteiger charge is -2.11. The van der Waals surface area contributed by atoms with Crippen LogP contribution in [0.3, 0.4) is 0 Å². The van der Waals surface area contributed by atoms with Crippen LogP contribution in [0.25, 0.3) is 0 Å². The molecule has 0 radical (unpaired) electrons. The normalized spacial score (nSPS) is 13.2. The van der Waals surface area contributed by atoms with Gasteiger partial charge in [0.25, 0.3) is 0 Å². The number of aryl methyl sites for hydroxylation is 2. The summed E-state index contributed by atoms with van der Waals surface area (Å²) in [6.45, 7) is 4.26. The number of hydrogen-bond acceptors (Lipinski definition) is 1. The highest BCUT2D eigenvalue weighted by Crippen LogP contribution is 2.24. The molecule has 1 rings (SSSR count). The third kappa shape index (κ3) is 2.60. The van der Waals surface area contributed by atoms with E-state index in [2.05, 4.69) is 43.9 Å². The van der Waals surface area contributed by atoms with E-state index < -0.39 is 0 Å². The summed E-state index contributed by atoms with van der Waals surface area (Å²) in [6.07, 6.45) is 2.28. The molecule has 0 aromatic carbocycles. The number of aromatic nitrogens is 2. The molecule has 80 valence electrons. The first-order chi connectivity index (χ1) is 6.60. The van der Waals surface area contributed by atoms with E-state index in [1.807, 2.05) is 18.7 Å². The molecule has 0 N–H and O–H groups in total. The molecule has 1 unspecified atom stereocenters. The quantitative estimate of drug-likeness (QED) is 0.776. The van der Waals surface area contributed by atoms with Crippen molar-refractivity contribution in [2.24, 2.45) is 13.0 Å². The van der Waals surface area contributed by atoms with E-state index in [-0.39, 0.29) is 0 Å². The van der Waals surface area contributed by atoms with Gasteiger partial charge < -0.3 is 0 Å². The van der Waals surface area contributed by atoms with Gasteiger partial charge >= 0.3 is 0 Å². The molecule has 4 heteroatoms. The third-order valence-corrected chi connectivity index (χ3v) is 4.49. The van der Waals surface area contributed by atoms with Gasteiger partial charge in [0.2, 0.25) is 0 Å². The standard InChI is InChI=1S/C10H16Br2N2/c1-4-8(6-11)5-9-10(12)7(2)13-14(9)3/h8H,4-6H2,1-3H3. The lowest BCUT2D eigenvalue weighted by molar-refractivity contribution is 0.542. The predicted octanol–water partition coefficient (Wildman–Crippen LogP) is 3.45. The highest BCUT2D eigenvalue weighted by Gasteiger charge is 2.14. The summed E-state index contributed by atoms with van der Waals surface area (Å²) in [6, 6.07) is 0. The van der Waals surface area contributed by atoms with Crippen molar-refractivity contribution in [1.82, 2.24) is 9.78 Å². The summed E-state index contributed by atoms with van der Waals surface area (Å²) in [7, 11) is 2.01. The molecule has 2 nitrogen and oxygen atoms in total. The summed E-state index contributed by atoms with van der Waals surface area (Å²) in [5, 5.41) is 5.44. The van der Waals surface area contributed by atoms with E-state index >= 15 is 0 Å². The second-order valence-electron chi connectivity index (χ2n) is 3.60. The first kappa shape index (κ1) is 12.2. The molecule has 0 amide bonds. The number of halogens is 2. The molecule has 0 aliphatic carbocycles. The summed E-state index contributed by atoms with van der Waals surface area (Å²) >= 11 is 7.13. The van der Waals surface area contributed by atoms with Crippen molar-refractivity contribution in [3.63, 3.8) is 0 Å². The zero-order chi connectivity index (χ0) is 10.7. The Kier molecular flexibility index (Phi) is 4.64. The van der Waals surface area contributed by atoms with Crippen LogP contribution in [0.1, 0.15) is 24.7 Å². The maximum absolute atomic E-state index is 4.39. The zero-order valence-corrected chi connectivity index (χ0v) is 12.0. The van der Waals surface area contributed by atoms with Crippen molar-refractivity contribution in [1.29, 1.82) is 0 Å². The lowest BCUT2D eigenvalue weighted by Crippen LogP contribution is -2.09. The van der Waals surface area contributed by atoms with Crippen molar-refractivity contribution in [2.45, 2.75) is 26.7 Å². The van der Waals surface area contributed by atoms with E-state index in [9.17, 15) is 0 Å². The van der Waals surface area contributed by atoms with Crippen LogP contribution in [0, 0.1) is 12.8 Å². The maximum Gasteiger partial charge on any atom is 0.0738 e. The highest BCUT2D eigenvalue weighted by atomic mass is 79.9. The zero-order valence-electron chi connectivity index (χ0n) is 8.85. The van der Waals surface area contributed by atoms with Crippen LogP contribution in [-0.2, 0) is 13.5 Å². The van der Waals surface area contributed by atoms with Gasteiger partial charge in [0, 0.05) is 12.4 Å². The number of rotatable bonds is 4. The minimum absolute atomic E-state index is 0.695. The molecule has 1 aromatic heterocycles. The molecule has 1 atom stereocenters. The van der Waals surface area contributed by atoms with Crippen molar-refractivity contribution in [2.75, 3.05) is 5.33 Å². The predicted molar refractivity (Wildman–Crippen MR) is 66.9 cm³/mol. The van der Waals surface area contributed by atoms with Crippen LogP contribution in [-0.4, -0.2) is 15.1 Å². The van der Waals surface area contributed by atoms with Gasteiger partial charge in [0.15, 0.2) is 0 Å². The molecule has 0 aliphatic rings. The van der Waals surface area contributed by atoms with Crippen LogP contribution in [0.2, 0.25) is 0 Å². The van der Waals surface area contributed by atoms with Gasteiger partial charge in [-0.3, -0.25) is 4.68 Å². The van der Waals surface area contributed by atoms with Gasteiger partial charge in [-0.2, -0.15) is 5.10 Å². The fraction of sp³-hybridized carbons (Fsp3) is 0.700. The molecule has 1 heterocycles. The average molecular weight is 324 g/mol. The van der Waals surface area contributed by atoms with Gasteiger partial charge in [-0.25, -0.2) is 0 Å². The maximum atomic E-state index is 4.39. The summed E-state index contributed by atoms with van der Waals surface area (Å²) in [5.74, 6) is 0.695. The van der Waals surface area contributed by atoms with Gasteiger partial charge in [-0.05, 0) is 35.2 Å². The Bertz CT molecular complexity index is 303. The smallest absolute Gasteiger partial charge is 0.0738 e. The first-order valence-corrected chi connectivity index (χ1v) is 6.75. The lowest BCUT2D eigenvalue weighted by atomic mass is 10.0. The molecule has 1 aromatic rings. The number of hydrogen-bond donors (Lipinski definition) is 0. The average Bonchev–Trinajstić information content (AvgIpc) is 2.40. The molecule has 0 bridgehead atoms. The fourth-order valence-electron chi connectivity index (χ4n) is 1.48. The fourth-order valence-corrected chi connectivity index (χ4v) is 2.67. The SMILES string of the molecule is CCC(CBr)Cc1c(Br)c(C)nn1C. The molecule has 0 aliphatic heterocycles. The second-order valence-corrected chi connectivity index (χ2v) is 5.04. The first-order valence-electron chi connectivity index (χ1n) is 4.84. The van der Waals surface area contributed by atoms with Crippen molar-refractivity contribution in [3.05, 3.63) is 15.9 Å². The van der Waals surface area contributed by atoms with E-state index in [1.165, 1.54) is 16.6 Å². The van der Waals surface area contributed by atoms with E-state index in [0.717, 1.165) is 17.4 Å². The van der Waals surface area contributed by atoms with Crippen LogP contribution >= 0.6 is 31.9 Å². The minimum Gasteiger partial charge on any atom is -0.271 e. The Morgan fingerprint density at radius 2 is 2.14 bits per heavy atom. The Hall–Kier alpha value is 0.170. The largest absolute Gasteiger partial charge is 0.271 e. The van der Waals surface area contributed by atoms with E-state index in [4.69, 9.17) is 0 Å². The van der Waals surface area contributed by atoms with Crippen molar-refractivity contribution < 1.29 is 0 Å². The number of alkyl halides is 1. The molecule has 0 saturated carbocycles. The van der Waals surface area contributed by atoms with Crippen LogP contribution in [0.5, 0.6) is 0 Å². The molecule has 14 heavy (non-hydrogen) atoms. The van der Waals surface area contributed by atoms with Gasteiger partial charge in [0.05, 0.1) is 15.9 Å². The van der Waals surface area contributed by atoms with Gasteiger partial charge in [0.1, 0.15) is 0 Å². The molecule has 0 fully saturated rings. The Morgan fingerprint density at radius 1 is 1.50 bits per heavy atom. The van der Waals surface area contributed by atoms with Crippen LogP contribution < -0.4 is 0 Å². The molecular formula is C10H16Br2N2. The third-order valence-electron chi connectivity index (χ3n) is 2.54. The molecular weight excluding hydrogens is 308 g/mol. The Balaban J connectivity index is 2.84. The van der Waals surface area contributed by atoms with E-state index in [0.29, 0.717) is 5.92 Å². The van der Waals surface area contributed by atoms with Crippen molar-refractivity contribution >= 4 is 31.9 Å². The second kappa shape index (κ2) is 5.31. The van der Waals surface area contributed by atoms with E-state index in [1.54, 1.807) is 0 Å². The minimum atomic E-state index is 0.695. The monoisotopic (exact) mass is 322 g/mol. The Morgan fingerprint density at radius 3 is 2.50 bits per heavy atom. The molecule has 0 spiro atoms. The van der Waals surface area contributed by atoms with Gasteiger partial charge in [-0.15, -0.1) is 0 Å². The topological polar surface area (TPSA) is 17.8 Å². The number of nitrogens with zero attached hydrogens (tertiary/aromatic N) is 2. The summed E-state index contributed by atoms with van der Waals surface area (Å²) in [4.78, 5) is 0. The highest BCUT2D eigenvalue weighted by molar-refractivity contribution is 9.10. The Labute approximate surface area is 102 Å². The summed E-state index contributed by atoms with van der Waals surface area (Å²) < 4.78 is 3.14.